The number of aromatic carboxylic acids is 1. The molecule has 0 fully saturated rings. The fourth-order valence-electron chi connectivity index (χ4n) is 1.46. The second kappa shape index (κ2) is 4.06. The number of carboxylic acid groups (broad SMARTS) is 1. The molecule has 2 rings (SSSR count). The Morgan fingerprint density at radius 1 is 1.44 bits per heavy atom. The first-order chi connectivity index (χ1) is 7.59. The van der Waals surface area contributed by atoms with Crippen molar-refractivity contribution < 1.29 is 14.3 Å². The largest absolute Gasteiger partial charge is 0.478 e. The van der Waals surface area contributed by atoms with Crippen molar-refractivity contribution in [1.29, 1.82) is 0 Å². The Morgan fingerprint density at radius 2 is 2.19 bits per heavy atom. The van der Waals surface area contributed by atoms with Gasteiger partial charge in [-0.3, -0.25) is 0 Å². The van der Waals surface area contributed by atoms with Gasteiger partial charge in [-0.05, 0) is 30.2 Å². The Labute approximate surface area is 96.0 Å². The van der Waals surface area contributed by atoms with E-state index >= 15 is 0 Å². The first-order valence-corrected chi connectivity index (χ1v) is 5.55. The molecule has 1 heterocycles. The minimum atomic E-state index is -0.962. The summed E-state index contributed by atoms with van der Waals surface area (Å²) in [4.78, 5) is 11.5. The third-order valence-corrected chi connectivity index (χ3v) is 3.34. The lowest BCUT2D eigenvalue weighted by molar-refractivity contribution is 0.0697. The normalized spacial score (nSPS) is 10.4. The van der Waals surface area contributed by atoms with Gasteiger partial charge in [-0.15, -0.1) is 11.3 Å². The van der Waals surface area contributed by atoms with Gasteiger partial charge < -0.3 is 5.11 Å². The van der Waals surface area contributed by atoms with Crippen molar-refractivity contribution in [2.75, 3.05) is 0 Å². The lowest BCUT2D eigenvalue weighted by Gasteiger charge is -2.03. The fraction of sp³-hybridized carbons (Fsp3) is 0.0833. The molecule has 0 aliphatic rings. The molecule has 0 spiro atoms. The van der Waals surface area contributed by atoms with Gasteiger partial charge >= 0.3 is 5.97 Å². The summed E-state index contributed by atoms with van der Waals surface area (Å²) in [5.41, 5.74) is 1.53. The lowest BCUT2D eigenvalue weighted by atomic mass is 10.1. The zero-order valence-electron chi connectivity index (χ0n) is 8.53. The highest BCUT2D eigenvalue weighted by atomic mass is 32.1. The maximum absolute atomic E-state index is 13.3. The third-order valence-electron chi connectivity index (χ3n) is 2.38. The Hall–Kier alpha value is -1.68. The molecule has 2 aromatic rings. The van der Waals surface area contributed by atoms with E-state index in [2.05, 4.69) is 0 Å². The van der Waals surface area contributed by atoms with Gasteiger partial charge in [-0.25, -0.2) is 9.18 Å². The summed E-state index contributed by atoms with van der Waals surface area (Å²) in [5, 5.41) is 10.4. The summed E-state index contributed by atoms with van der Waals surface area (Å²) in [5.74, 6) is -1.24. The van der Waals surface area contributed by atoms with Gasteiger partial charge in [0.15, 0.2) is 0 Å². The number of benzene rings is 1. The van der Waals surface area contributed by atoms with Gasteiger partial charge in [-0.1, -0.05) is 12.1 Å². The molecule has 0 radical (unpaired) electrons. The lowest BCUT2D eigenvalue weighted by Crippen LogP contribution is -1.91. The summed E-state index contributed by atoms with van der Waals surface area (Å²) in [6.45, 7) is 1.69. The Bertz CT molecular complexity index is 546. The molecule has 0 saturated heterocycles. The second-order valence-corrected chi connectivity index (χ2v) is 4.33. The molecule has 1 aromatic heterocycles. The Kier molecular flexibility index (Phi) is 2.75. The standard InChI is InChI=1S/C12H9FO2S/c1-7-9(3-2-4-10(7)13)11-5-8(6-16-11)12(14)15/h2-6H,1H3,(H,14,15). The van der Waals surface area contributed by atoms with Crippen LogP contribution in [-0.2, 0) is 0 Å². The molecule has 1 aromatic carbocycles. The SMILES string of the molecule is Cc1c(F)cccc1-c1cc(C(=O)O)cs1. The highest BCUT2D eigenvalue weighted by Crippen LogP contribution is 2.30. The molecule has 0 aliphatic heterocycles. The number of rotatable bonds is 2. The minimum absolute atomic E-state index is 0.240. The number of hydrogen-bond donors (Lipinski definition) is 1. The first-order valence-electron chi connectivity index (χ1n) is 4.67. The van der Waals surface area contributed by atoms with Crippen LogP contribution in [-0.4, -0.2) is 11.1 Å². The average molecular weight is 236 g/mol. The van der Waals surface area contributed by atoms with Gasteiger partial charge in [0.1, 0.15) is 5.82 Å². The van der Waals surface area contributed by atoms with Gasteiger partial charge in [0, 0.05) is 10.3 Å². The van der Waals surface area contributed by atoms with Gasteiger partial charge in [0.2, 0.25) is 0 Å². The van der Waals surface area contributed by atoms with E-state index in [1.54, 1.807) is 30.5 Å². The predicted molar refractivity (Wildman–Crippen MR) is 61.4 cm³/mol. The molecule has 0 amide bonds. The predicted octanol–water partition coefficient (Wildman–Crippen LogP) is 3.56. The molecule has 0 saturated carbocycles. The first kappa shape index (κ1) is 10.8. The number of carboxylic acids is 1. The quantitative estimate of drug-likeness (QED) is 0.865. The van der Waals surface area contributed by atoms with Crippen molar-refractivity contribution >= 4 is 17.3 Å². The zero-order chi connectivity index (χ0) is 11.7. The van der Waals surface area contributed by atoms with Crippen LogP contribution >= 0.6 is 11.3 Å². The van der Waals surface area contributed by atoms with Gasteiger partial charge in [0.25, 0.3) is 0 Å². The molecule has 1 N–H and O–H groups in total. The molecule has 0 atom stereocenters. The van der Waals surface area contributed by atoms with E-state index in [4.69, 9.17) is 5.11 Å². The van der Waals surface area contributed by atoms with Crippen LogP contribution in [0.15, 0.2) is 29.6 Å². The van der Waals surface area contributed by atoms with Crippen molar-refractivity contribution in [3.05, 3.63) is 46.6 Å². The molecule has 4 heteroatoms. The van der Waals surface area contributed by atoms with Crippen LogP contribution in [0.4, 0.5) is 4.39 Å². The summed E-state index contributed by atoms with van der Waals surface area (Å²) in [6, 6.07) is 6.37. The maximum atomic E-state index is 13.3. The van der Waals surface area contributed by atoms with E-state index in [1.165, 1.54) is 17.4 Å². The van der Waals surface area contributed by atoms with Crippen LogP contribution in [0.3, 0.4) is 0 Å². The smallest absolute Gasteiger partial charge is 0.336 e. The number of halogens is 1. The van der Waals surface area contributed by atoms with E-state index in [0.717, 1.165) is 10.4 Å². The molecule has 16 heavy (non-hydrogen) atoms. The highest BCUT2D eigenvalue weighted by Gasteiger charge is 2.11. The van der Waals surface area contributed by atoms with E-state index in [-0.39, 0.29) is 11.4 Å². The summed E-state index contributed by atoms with van der Waals surface area (Å²) in [6.07, 6.45) is 0. The number of carbonyl (C=O) groups is 1. The van der Waals surface area contributed by atoms with Crippen LogP contribution < -0.4 is 0 Å². The summed E-state index contributed by atoms with van der Waals surface area (Å²) >= 11 is 1.31. The van der Waals surface area contributed by atoms with Crippen LogP contribution in [0.25, 0.3) is 10.4 Å². The molecule has 0 unspecified atom stereocenters. The van der Waals surface area contributed by atoms with Crippen LogP contribution in [0.5, 0.6) is 0 Å². The second-order valence-electron chi connectivity index (χ2n) is 3.42. The molecular formula is C12H9FO2S. The van der Waals surface area contributed by atoms with Gasteiger partial charge in [0.05, 0.1) is 5.56 Å². The Balaban J connectivity index is 2.50. The van der Waals surface area contributed by atoms with Gasteiger partial charge in [-0.2, -0.15) is 0 Å². The highest BCUT2D eigenvalue weighted by molar-refractivity contribution is 7.13. The van der Waals surface area contributed by atoms with Crippen molar-refractivity contribution in [3.8, 4) is 10.4 Å². The van der Waals surface area contributed by atoms with Crippen LogP contribution in [0.2, 0.25) is 0 Å². The van der Waals surface area contributed by atoms with E-state index in [9.17, 15) is 9.18 Å². The molecule has 0 bridgehead atoms. The van der Waals surface area contributed by atoms with Crippen molar-refractivity contribution in [1.82, 2.24) is 0 Å². The fourth-order valence-corrected chi connectivity index (χ4v) is 2.43. The van der Waals surface area contributed by atoms with E-state index in [1.807, 2.05) is 0 Å². The van der Waals surface area contributed by atoms with Crippen molar-refractivity contribution in [2.45, 2.75) is 6.92 Å². The minimum Gasteiger partial charge on any atom is -0.478 e. The summed E-state index contributed by atoms with van der Waals surface area (Å²) in [7, 11) is 0. The average Bonchev–Trinajstić information content (AvgIpc) is 2.71. The Morgan fingerprint density at radius 3 is 2.81 bits per heavy atom. The van der Waals surface area contributed by atoms with Crippen molar-refractivity contribution in [3.63, 3.8) is 0 Å². The van der Waals surface area contributed by atoms with Crippen LogP contribution in [0.1, 0.15) is 15.9 Å². The topological polar surface area (TPSA) is 37.3 Å². The van der Waals surface area contributed by atoms with Crippen LogP contribution in [0, 0.1) is 12.7 Å². The zero-order valence-corrected chi connectivity index (χ0v) is 9.34. The third kappa shape index (κ3) is 1.84. The molecule has 0 aliphatic carbocycles. The van der Waals surface area contributed by atoms with Crippen molar-refractivity contribution in [2.24, 2.45) is 0 Å². The van der Waals surface area contributed by atoms with E-state index in [0.29, 0.717) is 5.56 Å². The monoisotopic (exact) mass is 236 g/mol. The maximum Gasteiger partial charge on any atom is 0.336 e. The number of hydrogen-bond acceptors (Lipinski definition) is 2. The summed E-state index contributed by atoms with van der Waals surface area (Å²) < 4.78 is 13.3. The molecule has 82 valence electrons. The molecule has 2 nitrogen and oxygen atoms in total. The number of thiophene rings is 1. The molecular weight excluding hydrogens is 227 g/mol. The van der Waals surface area contributed by atoms with E-state index < -0.39 is 5.97 Å².